The van der Waals surface area contributed by atoms with E-state index in [1.807, 2.05) is 13.8 Å². The summed E-state index contributed by atoms with van der Waals surface area (Å²) >= 11 is 5.89. The summed E-state index contributed by atoms with van der Waals surface area (Å²) in [6, 6.07) is 3.58. The van der Waals surface area contributed by atoms with Gasteiger partial charge >= 0.3 is 0 Å². The molecule has 6 heteroatoms. The van der Waals surface area contributed by atoms with Crippen molar-refractivity contribution in [2.24, 2.45) is 0 Å². The fourth-order valence-electron chi connectivity index (χ4n) is 1.84. The summed E-state index contributed by atoms with van der Waals surface area (Å²) in [5.41, 5.74) is 0.357. The Hall–Kier alpha value is -1.33. The Morgan fingerprint density at radius 2 is 2.11 bits per heavy atom. The van der Waals surface area contributed by atoms with E-state index in [-0.39, 0.29) is 12.1 Å². The van der Waals surface area contributed by atoms with Crippen LogP contribution in [0, 0.1) is 0 Å². The number of pyridine rings is 1. The number of rotatable bonds is 5. The largest absolute Gasteiger partial charge is 0.394 e. The number of hydrogen-bond donors (Lipinski definition) is 2. The Balaban J connectivity index is 2.31. The Labute approximate surface area is 111 Å². The van der Waals surface area contributed by atoms with Gasteiger partial charge in [-0.1, -0.05) is 25.4 Å². The highest BCUT2D eigenvalue weighted by molar-refractivity contribution is 6.30. The van der Waals surface area contributed by atoms with Gasteiger partial charge in [0, 0.05) is 6.20 Å². The van der Waals surface area contributed by atoms with Crippen molar-refractivity contribution in [3.05, 3.63) is 23.4 Å². The molecule has 0 aliphatic rings. The summed E-state index contributed by atoms with van der Waals surface area (Å²) in [6.07, 6.45) is 3.31. The first-order chi connectivity index (χ1) is 8.62. The van der Waals surface area contributed by atoms with E-state index in [4.69, 9.17) is 11.6 Å². The van der Waals surface area contributed by atoms with Crippen LogP contribution in [0.15, 0.2) is 18.3 Å². The molecule has 98 valence electrons. The SMILES string of the molecule is CCC(CC)(CO)Nc1nc2ccc(Cl)cn2n1. The second kappa shape index (κ2) is 5.12. The highest BCUT2D eigenvalue weighted by atomic mass is 35.5. The third-order valence-electron chi connectivity index (χ3n) is 3.33. The van der Waals surface area contributed by atoms with Gasteiger partial charge in [-0.3, -0.25) is 0 Å². The molecule has 2 heterocycles. The summed E-state index contributed by atoms with van der Waals surface area (Å²) in [5.74, 6) is 0.509. The number of aliphatic hydroxyl groups excluding tert-OH is 1. The molecule has 0 atom stereocenters. The van der Waals surface area contributed by atoms with E-state index < -0.39 is 0 Å². The molecule has 18 heavy (non-hydrogen) atoms. The molecule has 5 nitrogen and oxygen atoms in total. The van der Waals surface area contributed by atoms with Gasteiger partial charge in [-0.2, -0.15) is 4.98 Å². The van der Waals surface area contributed by atoms with Gasteiger partial charge in [0.25, 0.3) is 0 Å². The molecular weight excluding hydrogens is 252 g/mol. The number of nitrogens with zero attached hydrogens (tertiary/aromatic N) is 3. The molecule has 0 bridgehead atoms. The van der Waals surface area contributed by atoms with Crippen LogP contribution in [-0.2, 0) is 0 Å². The Morgan fingerprint density at radius 1 is 1.39 bits per heavy atom. The van der Waals surface area contributed by atoms with Crippen LogP contribution in [-0.4, -0.2) is 31.9 Å². The average Bonchev–Trinajstić information content (AvgIpc) is 2.77. The van der Waals surface area contributed by atoms with Crippen LogP contribution in [0.3, 0.4) is 0 Å². The maximum absolute atomic E-state index is 9.51. The van der Waals surface area contributed by atoms with Crippen LogP contribution >= 0.6 is 11.6 Å². The lowest BCUT2D eigenvalue weighted by Crippen LogP contribution is -2.41. The fourth-order valence-corrected chi connectivity index (χ4v) is 1.99. The zero-order chi connectivity index (χ0) is 13.2. The van der Waals surface area contributed by atoms with Crippen LogP contribution in [0.1, 0.15) is 26.7 Å². The summed E-state index contributed by atoms with van der Waals surface area (Å²) in [5, 5.41) is 17.6. The number of hydrogen-bond acceptors (Lipinski definition) is 4. The summed E-state index contributed by atoms with van der Waals surface area (Å²) in [6.45, 7) is 4.11. The molecule has 2 N–H and O–H groups in total. The smallest absolute Gasteiger partial charge is 0.243 e. The van der Waals surface area contributed by atoms with Crippen LogP contribution in [0.2, 0.25) is 5.02 Å². The summed E-state index contributed by atoms with van der Waals surface area (Å²) in [4.78, 5) is 4.35. The molecule has 0 saturated carbocycles. The Bertz CT molecular complexity index is 528. The van der Waals surface area contributed by atoms with Crippen molar-refractivity contribution in [2.75, 3.05) is 11.9 Å². The lowest BCUT2D eigenvalue weighted by atomic mass is 9.94. The van der Waals surface area contributed by atoms with Crippen molar-refractivity contribution >= 4 is 23.2 Å². The summed E-state index contributed by atoms with van der Waals surface area (Å²) in [7, 11) is 0. The highest BCUT2D eigenvalue weighted by Gasteiger charge is 2.26. The van der Waals surface area contributed by atoms with Crippen molar-refractivity contribution in [3.63, 3.8) is 0 Å². The molecule has 0 aromatic carbocycles. The lowest BCUT2D eigenvalue weighted by Gasteiger charge is -2.29. The highest BCUT2D eigenvalue weighted by Crippen LogP contribution is 2.20. The quantitative estimate of drug-likeness (QED) is 0.874. The molecule has 0 saturated heterocycles. The molecule has 0 amide bonds. The first-order valence-corrected chi connectivity index (χ1v) is 6.41. The topological polar surface area (TPSA) is 62.5 Å². The molecular formula is C12H17ClN4O. The number of nitrogens with one attached hydrogen (secondary N) is 1. The number of aliphatic hydroxyl groups is 1. The third-order valence-corrected chi connectivity index (χ3v) is 3.55. The third kappa shape index (κ3) is 2.42. The van der Waals surface area contributed by atoms with Crippen molar-refractivity contribution in [3.8, 4) is 0 Å². The molecule has 0 aliphatic carbocycles. The van der Waals surface area contributed by atoms with Crippen LogP contribution in [0.5, 0.6) is 0 Å². The van der Waals surface area contributed by atoms with Gasteiger partial charge in [0.1, 0.15) is 0 Å². The van der Waals surface area contributed by atoms with Crippen molar-refractivity contribution in [1.82, 2.24) is 14.6 Å². The molecule has 0 aliphatic heterocycles. The second-order valence-corrected chi connectivity index (χ2v) is 4.79. The number of aromatic nitrogens is 3. The van der Waals surface area contributed by atoms with E-state index in [2.05, 4.69) is 15.4 Å². The molecule has 2 aromatic rings. The fraction of sp³-hybridized carbons (Fsp3) is 0.500. The molecule has 0 fully saturated rings. The molecule has 2 aromatic heterocycles. The first-order valence-electron chi connectivity index (χ1n) is 6.03. The normalized spacial score (nSPS) is 12.0. The number of anilines is 1. The summed E-state index contributed by atoms with van der Waals surface area (Å²) < 4.78 is 1.62. The molecule has 0 radical (unpaired) electrons. The lowest BCUT2D eigenvalue weighted by molar-refractivity contribution is 0.201. The maximum atomic E-state index is 9.51. The van der Waals surface area contributed by atoms with E-state index in [1.165, 1.54) is 0 Å². The number of halogens is 1. The standard InChI is InChI=1S/C12H17ClN4O/c1-3-12(4-2,8-18)15-11-14-10-6-5-9(13)7-17(10)16-11/h5-7,18H,3-4,8H2,1-2H3,(H,15,16). The molecule has 2 rings (SSSR count). The van der Waals surface area contributed by atoms with Gasteiger partial charge in [-0.05, 0) is 25.0 Å². The van der Waals surface area contributed by atoms with Gasteiger partial charge in [-0.15, -0.1) is 5.10 Å². The molecule has 0 spiro atoms. The van der Waals surface area contributed by atoms with Crippen LogP contribution in [0.25, 0.3) is 5.65 Å². The zero-order valence-electron chi connectivity index (χ0n) is 10.5. The van der Waals surface area contributed by atoms with Gasteiger partial charge in [0.15, 0.2) is 5.65 Å². The predicted molar refractivity (Wildman–Crippen MR) is 72.0 cm³/mol. The second-order valence-electron chi connectivity index (χ2n) is 4.36. The van der Waals surface area contributed by atoms with E-state index in [0.29, 0.717) is 11.0 Å². The van der Waals surface area contributed by atoms with E-state index >= 15 is 0 Å². The van der Waals surface area contributed by atoms with Crippen LogP contribution in [0.4, 0.5) is 5.95 Å². The van der Waals surface area contributed by atoms with Crippen molar-refractivity contribution in [2.45, 2.75) is 32.2 Å². The first kappa shape index (κ1) is 13.1. The van der Waals surface area contributed by atoms with Gasteiger partial charge < -0.3 is 10.4 Å². The van der Waals surface area contributed by atoms with Crippen LogP contribution < -0.4 is 5.32 Å². The van der Waals surface area contributed by atoms with E-state index in [0.717, 1.165) is 18.5 Å². The Morgan fingerprint density at radius 3 is 2.72 bits per heavy atom. The molecule has 0 unspecified atom stereocenters. The number of fused-ring (bicyclic) bond motifs is 1. The van der Waals surface area contributed by atoms with Gasteiger partial charge in [0.05, 0.1) is 17.2 Å². The average molecular weight is 269 g/mol. The van der Waals surface area contributed by atoms with Crippen molar-refractivity contribution < 1.29 is 5.11 Å². The monoisotopic (exact) mass is 268 g/mol. The minimum Gasteiger partial charge on any atom is -0.394 e. The van der Waals surface area contributed by atoms with Crippen molar-refractivity contribution in [1.29, 1.82) is 0 Å². The Kier molecular flexibility index (Phi) is 3.73. The zero-order valence-corrected chi connectivity index (χ0v) is 11.3. The minimum absolute atomic E-state index is 0.0519. The minimum atomic E-state index is -0.366. The predicted octanol–water partition coefficient (Wildman–Crippen LogP) is 2.35. The van der Waals surface area contributed by atoms with Gasteiger partial charge in [0.2, 0.25) is 5.95 Å². The maximum Gasteiger partial charge on any atom is 0.243 e. The van der Waals surface area contributed by atoms with E-state index in [1.54, 1.807) is 22.8 Å². The van der Waals surface area contributed by atoms with Gasteiger partial charge in [-0.25, -0.2) is 4.52 Å². The van der Waals surface area contributed by atoms with E-state index in [9.17, 15) is 5.11 Å².